The van der Waals surface area contributed by atoms with Crippen molar-refractivity contribution < 1.29 is 13.9 Å². The van der Waals surface area contributed by atoms with Gasteiger partial charge in [0.05, 0.1) is 6.10 Å². The fourth-order valence-corrected chi connectivity index (χ4v) is 3.34. The van der Waals surface area contributed by atoms with Crippen LogP contribution >= 0.6 is 0 Å². The first-order valence-corrected chi connectivity index (χ1v) is 7.72. The summed E-state index contributed by atoms with van der Waals surface area (Å²) in [5, 5.41) is 10.3. The van der Waals surface area contributed by atoms with E-state index in [1.807, 2.05) is 0 Å². The molecule has 1 unspecified atom stereocenters. The van der Waals surface area contributed by atoms with Gasteiger partial charge in [-0.05, 0) is 48.8 Å². The summed E-state index contributed by atoms with van der Waals surface area (Å²) in [5.41, 5.74) is 0.673. The molecule has 20 heavy (non-hydrogen) atoms. The minimum Gasteiger partial charge on any atom is -0.392 e. The third-order valence-electron chi connectivity index (χ3n) is 4.56. The molecular formula is C17H24F2O. The van der Waals surface area contributed by atoms with Gasteiger partial charge in [0, 0.05) is 0 Å². The Kier molecular flexibility index (Phi) is 5.53. The van der Waals surface area contributed by atoms with Gasteiger partial charge in [-0.1, -0.05) is 38.7 Å². The van der Waals surface area contributed by atoms with Crippen molar-refractivity contribution in [1.82, 2.24) is 0 Å². The Hall–Kier alpha value is -0.960. The first-order valence-electron chi connectivity index (χ1n) is 7.72. The maximum Gasteiger partial charge on any atom is 0.159 e. The van der Waals surface area contributed by atoms with E-state index in [1.54, 1.807) is 6.07 Å². The summed E-state index contributed by atoms with van der Waals surface area (Å²) in [5.74, 6) is -0.549. The Morgan fingerprint density at radius 1 is 1.15 bits per heavy atom. The second kappa shape index (κ2) is 7.16. The SMILES string of the molecule is CCCC1CCC(C(O)Cc2ccc(F)c(F)c2)CC1. The molecule has 1 aromatic rings. The van der Waals surface area contributed by atoms with Crippen molar-refractivity contribution in [3.8, 4) is 0 Å². The van der Waals surface area contributed by atoms with E-state index in [4.69, 9.17) is 0 Å². The second-order valence-electron chi connectivity index (χ2n) is 6.09. The number of aliphatic hydroxyl groups excluding tert-OH is 1. The summed E-state index contributed by atoms with van der Waals surface area (Å²) in [7, 11) is 0. The van der Waals surface area contributed by atoms with E-state index < -0.39 is 17.7 Å². The molecule has 1 nitrogen and oxygen atoms in total. The number of rotatable bonds is 5. The quantitative estimate of drug-likeness (QED) is 0.844. The molecule has 0 aromatic heterocycles. The number of benzene rings is 1. The van der Waals surface area contributed by atoms with Crippen LogP contribution in [0.5, 0.6) is 0 Å². The Labute approximate surface area is 120 Å². The first kappa shape index (κ1) is 15.4. The monoisotopic (exact) mass is 282 g/mol. The topological polar surface area (TPSA) is 20.2 Å². The molecule has 1 N–H and O–H groups in total. The average molecular weight is 282 g/mol. The van der Waals surface area contributed by atoms with Crippen LogP contribution in [0, 0.1) is 23.5 Å². The Morgan fingerprint density at radius 2 is 1.85 bits per heavy atom. The fraction of sp³-hybridized carbons (Fsp3) is 0.647. The van der Waals surface area contributed by atoms with Crippen LogP contribution < -0.4 is 0 Å². The van der Waals surface area contributed by atoms with E-state index in [9.17, 15) is 13.9 Å². The Bertz CT molecular complexity index is 425. The highest BCUT2D eigenvalue weighted by Crippen LogP contribution is 2.34. The summed E-state index contributed by atoms with van der Waals surface area (Å²) >= 11 is 0. The minimum absolute atomic E-state index is 0.302. The van der Waals surface area contributed by atoms with Gasteiger partial charge in [-0.3, -0.25) is 0 Å². The minimum atomic E-state index is -0.832. The van der Waals surface area contributed by atoms with Gasteiger partial charge in [0.2, 0.25) is 0 Å². The van der Waals surface area contributed by atoms with Gasteiger partial charge in [0.15, 0.2) is 11.6 Å². The molecule has 0 radical (unpaired) electrons. The molecule has 1 aliphatic carbocycles. The zero-order valence-electron chi connectivity index (χ0n) is 12.1. The van der Waals surface area contributed by atoms with Gasteiger partial charge in [0.1, 0.15) is 0 Å². The number of halogens is 2. The highest BCUT2D eigenvalue weighted by molar-refractivity contribution is 5.18. The van der Waals surface area contributed by atoms with Crippen LogP contribution in [0.25, 0.3) is 0 Å². The molecule has 0 aliphatic heterocycles. The van der Waals surface area contributed by atoms with Gasteiger partial charge >= 0.3 is 0 Å². The molecule has 1 fully saturated rings. The lowest BCUT2D eigenvalue weighted by Crippen LogP contribution is -2.27. The predicted octanol–water partition coefficient (Wildman–Crippen LogP) is 4.47. The number of hydrogen-bond donors (Lipinski definition) is 1. The average Bonchev–Trinajstić information content (AvgIpc) is 2.44. The number of hydrogen-bond acceptors (Lipinski definition) is 1. The van der Waals surface area contributed by atoms with Gasteiger partial charge in [-0.25, -0.2) is 8.78 Å². The summed E-state index contributed by atoms with van der Waals surface area (Å²) in [6.45, 7) is 2.21. The lowest BCUT2D eigenvalue weighted by Gasteiger charge is -2.31. The summed E-state index contributed by atoms with van der Waals surface area (Å²) in [6.07, 6.45) is 6.97. The van der Waals surface area contributed by atoms with Crippen molar-refractivity contribution in [2.75, 3.05) is 0 Å². The maximum absolute atomic E-state index is 13.2. The van der Waals surface area contributed by atoms with Crippen molar-refractivity contribution in [2.24, 2.45) is 11.8 Å². The Balaban J connectivity index is 1.86. The summed E-state index contributed by atoms with van der Waals surface area (Å²) in [6, 6.07) is 3.89. The zero-order valence-corrected chi connectivity index (χ0v) is 12.1. The van der Waals surface area contributed by atoms with Crippen molar-refractivity contribution >= 4 is 0 Å². The molecule has 0 spiro atoms. The molecule has 1 atom stereocenters. The second-order valence-corrected chi connectivity index (χ2v) is 6.09. The van der Waals surface area contributed by atoms with Crippen LogP contribution in [-0.2, 0) is 6.42 Å². The third-order valence-corrected chi connectivity index (χ3v) is 4.56. The molecule has 3 heteroatoms. The van der Waals surface area contributed by atoms with Crippen molar-refractivity contribution in [2.45, 2.75) is 58.0 Å². The van der Waals surface area contributed by atoms with E-state index in [1.165, 1.54) is 31.7 Å². The predicted molar refractivity (Wildman–Crippen MR) is 76.4 cm³/mol. The van der Waals surface area contributed by atoms with Crippen molar-refractivity contribution in [3.05, 3.63) is 35.4 Å². The lowest BCUT2D eigenvalue weighted by atomic mass is 9.77. The fourth-order valence-electron chi connectivity index (χ4n) is 3.34. The molecule has 0 amide bonds. The summed E-state index contributed by atoms with van der Waals surface area (Å²) in [4.78, 5) is 0. The smallest absolute Gasteiger partial charge is 0.159 e. The number of aliphatic hydroxyl groups is 1. The molecular weight excluding hydrogens is 258 g/mol. The van der Waals surface area contributed by atoms with Crippen LogP contribution in [0.4, 0.5) is 8.78 Å². The van der Waals surface area contributed by atoms with E-state index >= 15 is 0 Å². The van der Waals surface area contributed by atoms with Crippen LogP contribution in [0.3, 0.4) is 0 Å². The normalized spacial score (nSPS) is 24.6. The lowest BCUT2D eigenvalue weighted by molar-refractivity contribution is 0.0727. The molecule has 1 saturated carbocycles. The molecule has 0 bridgehead atoms. The van der Waals surface area contributed by atoms with E-state index in [-0.39, 0.29) is 0 Å². The highest BCUT2D eigenvalue weighted by atomic mass is 19.2. The van der Waals surface area contributed by atoms with Crippen LogP contribution in [0.2, 0.25) is 0 Å². The largest absolute Gasteiger partial charge is 0.392 e. The van der Waals surface area contributed by atoms with E-state index in [0.29, 0.717) is 17.9 Å². The zero-order chi connectivity index (χ0) is 14.5. The maximum atomic E-state index is 13.2. The van der Waals surface area contributed by atoms with Crippen LogP contribution in [-0.4, -0.2) is 11.2 Å². The van der Waals surface area contributed by atoms with E-state index in [2.05, 4.69) is 6.92 Å². The first-order chi connectivity index (χ1) is 9.60. The van der Waals surface area contributed by atoms with Crippen LogP contribution in [0.15, 0.2) is 18.2 Å². The van der Waals surface area contributed by atoms with Gasteiger partial charge in [-0.2, -0.15) is 0 Å². The third kappa shape index (κ3) is 4.02. The molecule has 0 heterocycles. The Morgan fingerprint density at radius 3 is 2.45 bits per heavy atom. The van der Waals surface area contributed by atoms with Gasteiger partial charge in [0.25, 0.3) is 0 Å². The van der Waals surface area contributed by atoms with E-state index in [0.717, 1.165) is 24.8 Å². The highest BCUT2D eigenvalue weighted by Gasteiger charge is 2.26. The molecule has 1 aromatic carbocycles. The molecule has 112 valence electrons. The van der Waals surface area contributed by atoms with Gasteiger partial charge < -0.3 is 5.11 Å². The molecule has 0 saturated heterocycles. The van der Waals surface area contributed by atoms with Gasteiger partial charge in [-0.15, -0.1) is 0 Å². The molecule has 1 aliphatic rings. The summed E-state index contributed by atoms with van der Waals surface area (Å²) < 4.78 is 26.0. The standard InChI is InChI=1S/C17H24F2O/c1-2-3-12-4-7-14(8-5-12)17(20)11-13-6-9-15(18)16(19)10-13/h6,9-10,12,14,17,20H,2-5,7-8,11H2,1H3. The molecule has 2 rings (SSSR count). The van der Waals surface area contributed by atoms with Crippen LogP contribution in [0.1, 0.15) is 51.0 Å². The van der Waals surface area contributed by atoms with Crippen molar-refractivity contribution in [3.63, 3.8) is 0 Å². The van der Waals surface area contributed by atoms with Crippen molar-refractivity contribution in [1.29, 1.82) is 0 Å².